The molecule has 0 unspecified atom stereocenters. The molecule has 4 N–H and O–H groups in total. The Labute approximate surface area is 237 Å². The Hall–Kier alpha value is -3.70. The van der Waals surface area contributed by atoms with Crippen LogP contribution in [-0.2, 0) is 22.6 Å². The summed E-state index contributed by atoms with van der Waals surface area (Å²) in [5.74, 6) is 0.598. The third kappa shape index (κ3) is 6.31. The normalized spacial score (nSPS) is 17.9. The van der Waals surface area contributed by atoms with Crippen molar-refractivity contribution in [1.82, 2.24) is 9.97 Å². The molecule has 1 aliphatic carbocycles. The minimum Gasteiger partial charge on any atom is -0.351 e. The molecule has 1 heterocycles. The molecule has 41 heavy (non-hydrogen) atoms. The lowest BCUT2D eigenvalue weighted by molar-refractivity contribution is -0.139. The van der Waals surface area contributed by atoms with Crippen molar-refractivity contribution in [2.45, 2.75) is 69.1 Å². The fourth-order valence-electron chi connectivity index (χ4n) is 5.36. The van der Waals surface area contributed by atoms with Gasteiger partial charge in [0.2, 0.25) is 5.95 Å². The number of sulfonamides is 1. The zero-order chi connectivity index (χ0) is 29.4. The molecule has 4 aromatic rings. The lowest BCUT2D eigenvalue weighted by Crippen LogP contribution is -2.33. The van der Waals surface area contributed by atoms with Crippen molar-refractivity contribution in [3.05, 3.63) is 77.5 Å². The second-order valence-electron chi connectivity index (χ2n) is 10.5. The van der Waals surface area contributed by atoms with Gasteiger partial charge >= 0.3 is 6.18 Å². The van der Waals surface area contributed by atoms with E-state index in [9.17, 15) is 21.6 Å². The molecular formula is C30H32F3N5O2S. The first-order valence-electron chi connectivity index (χ1n) is 13.6. The minimum atomic E-state index is -4.80. The van der Waals surface area contributed by atoms with Crippen LogP contribution in [0.3, 0.4) is 0 Å². The average Bonchev–Trinajstić information content (AvgIpc) is 2.93. The SMILES string of the molecule is CCc1cc(-c2ccc(NS(=O)(=O)c3ccccc3C(F)(F)F)cc2C)cc2cnc(NC3CCC(N)CC3)nc12. The summed E-state index contributed by atoms with van der Waals surface area (Å²) in [7, 11) is -4.48. The highest BCUT2D eigenvalue weighted by molar-refractivity contribution is 7.92. The van der Waals surface area contributed by atoms with E-state index in [-0.39, 0.29) is 11.7 Å². The number of benzene rings is 3. The Balaban J connectivity index is 1.41. The number of nitrogens with one attached hydrogen (secondary N) is 2. The molecule has 1 aliphatic rings. The molecule has 11 heteroatoms. The fourth-order valence-corrected chi connectivity index (χ4v) is 6.63. The number of hydrogen-bond donors (Lipinski definition) is 3. The Bertz CT molecular complexity index is 1680. The summed E-state index contributed by atoms with van der Waals surface area (Å²) < 4.78 is 68.4. The van der Waals surface area contributed by atoms with Crippen molar-refractivity contribution >= 4 is 32.6 Å². The van der Waals surface area contributed by atoms with Crippen molar-refractivity contribution in [2.24, 2.45) is 5.73 Å². The van der Waals surface area contributed by atoms with E-state index in [1.165, 1.54) is 6.07 Å². The van der Waals surface area contributed by atoms with Crippen LogP contribution in [0.2, 0.25) is 0 Å². The molecule has 1 aromatic heterocycles. The fraction of sp³-hybridized carbons (Fsp3) is 0.333. The maximum atomic E-state index is 13.4. The molecule has 3 aromatic carbocycles. The predicted octanol–water partition coefficient (Wildman–Crippen LogP) is 6.67. The zero-order valence-corrected chi connectivity index (χ0v) is 23.6. The monoisotopic (exact) mass is 583 g/mol. The molecule has 0 bridgehead atoms. The van der Waals surface area contributed by atoms with Crippen molar-refractivity contribution < 1.29 is 21.6 Å². The highest BCUT2D eigenvalue weighted by atomic mass is 32.2. The third-order valence-electron chi connectivity index (χ3n) is 7.52. The summed E-state index contributed by atoms with van der Waals surface area (Å²) in [6, 6.07) is 13.6. The van der Waals surface area contributed by atoms with Gasteiger partial charge in [-0.15, -0.1) is 0 Å². The van der Waals surface area contributed by atoms with Crippen LogP contribution in [0.4, 0.5) is 24.8 Å². The van der Waals surface area contributed by atoms with Crippen LogP contribution in [-0.4, -0.2) is 30.5 Å². The molecule has 7 nitrogen and oxygen atoms in total. The van der Waals surface area contributed by atoms with Gasteiger partial charge < -0.3 is 11.1 Å². The smallest absolute Gasteiger partial charge is 0.351 e. The number of rotatable bonds is 7. The quantitative estimate of drug-likeness (QED) is 0.224. The largest absolute Gasteiger partial charge is 0.417 e. The first-order chi connectivity index (χ1) is 19.4. The molecule has 0 spiro atoms. The van der Waals surface area contributed by atoms with E-state index in [4.69, 9.17) is 10.7 Å². The summed E-state index contributed by atoms with van der Waals surface area (Å²) in [4.78, 5) is 8.54. The van der Waals surface area contributed by atoms with E-state index in [1.807, 2.05) is 13.0 Å². The van der Waals surface area contributed by atoms with E-state index >= 15 is 0 Å². The summed E-state index contributed by atoms with van der Waals surface area (Å²) in [6.07, 6.45) is 1.69. The number of fused-ring (bicyclic) bond motifs is 1. The Morgan fingerprint density at radius 3 is 2.44 bits per heavy atom. The highest BCUT2D eigenvalue weighted by Gasteiger charge is 2.37. The molecule has 0 radical (unpaired) electrons. The van der Waals surface area contributed by atoms with Gasteiger partial charge in [-0.1, -0.05) is 25.1 Å². The van der Waals surface area contributed by atoms with E-state index < -0.39 is 26.7 Å². The number of nitrogens with zero attached hydrogens (tertiary/aromatic N) is 2. The lowest BCUT2D eigenvalue weighted by Gasteiger charge is -2.26. The maximum Gasteiger partial charge on any atom is 0.417 e. The van der Waals surface area contributed by atoms with Gasteiger partial charge in [-0.25, -0.2) is 18.4 Å². The first kappa shape index (κ1) is 28.8. The van der Waals surface area contributed by atoms with Crippen LogP contribution >= 0.6 is 0 Å². The summed E-state index contributed by atoms with van der Waals surface area (Å²) in [5.41, 5.74) is 9.42. The predicted molar refractivity (Wildman–Crippen MR) is 155 cm³/mol. The number of alkyl halides is 3. The van der Waals surface area contributed by atoms with Crippen LogP contribution in [0, 0.1) is 6.92 Å². The Kier molecular flexibility index (Phi) is 7.93. The summed E-state index contributed by atoms with van der Waals surface area (Å²) in [5, 5.41) is 4.33. The van der Waals surface area contributed by atoms with Gasteiger partial charge in [0.05, 0.1) is 16.0 Å². The number of nitrogens with two attached hydrogens (primary N) is 1. The van der Waals surface area contributed by atoms with Gasteiger partial charge in [0.15, 0.2) is 0 Å². The molecule has 1 fully saturated rings. The summed E-state index contributed by atoms with van der Waals surface area (Å²) >= 11 is 0. The van der Waals surface area contributed by atoms with Crippen LogP contribution in [0.1, 0.15) is 49.3 Å². The number of hydrogen-bond acceptors (Lipinski definition) is 6. The molecule has 216 valence electrons. The first-order valence-corrected chi connectivity index (χ1v) is 15.0. The van der Waals surface area contributed by atoms with E-state index in [0.717, 1.165) is 83.5 Å². The summed E-state index contributed by atoms with van der Waals surface area (Å²) in [6.45, 7) is 3.88. The molecular weight excluding hydrogens is 551 g/mol. The lowest BCUT2D eigenvalue weighted by atomic mass is 9.92. The van der Waals surface area contributed by atoms with Crippen LogP contribution in [0.5, 0.6) is 0 Å². The second-order valence-corrected chi connectivity index (χ2v) is 12.2. The molecule has 1 saturated carbocycles. The number of aryl methyl sites for hydroxylation is 2. The van der Waals surface area contributed by atoms with Gasteiger partial charge in [0.1, 0.15) is 0 Å². The molecule has 5 rings (SSSR count). The zero-order valence-electron chi connectivity index (χ0n) is 22.8. The van der Waals surface area contributed by atoms with Crippen molar-refractivity contribution in [2.75, 3.05) is 10.0 Å². The van der Waals surface area contributed by atoms with E-state index in [2.05, 4.69) is 28.0 Å². The Morgan fingerprint density at radius 1 is 1.02 bits per heavy atom. The Morgan fingerprint density at radius 2 is 1.76 bits per heavy atom. The van der Waals surface area contributed by atoms with Crippen molar-refractivity contribution in [1.29, 1.82) is 0 Å². The van der Waals surface area contributed by atoms with Gasteiger partial charge in [0, 0.05) is 29.4 Å². The molecule has 0 saturated heterocycles. The van der Waals surface area contributed by atoms with Crippen LogP contribution in [0.25, 0.3) is 22.0 Å². The molecule has 0 amide bonds. The van der Waals surface area contributed by atoms with Gasteiger partial charge in [-0.2, -0.15) is 13.2 Å². The van der Waals surface area contributed by atoms with E-state index in [0.29, 0.717) is 12.0 Å². The standard InChI is InChI=1S/C30H32F3N5O2S/c1-3-19-15-20(16-21-17-35-29(37-28(19)21)36-23-10-8-22(34)9-11-23)25-13-12-24(14-18(25)2)38-41(39,40)27-7-5-4-6-26(27)30(31,32)33/h4-7,12-17,22-23,38H,3,8-11,34H2,1-2H3,(H,35,36,37). The average molecular weight is 584 g/mol. The van der Waals surface area contributed by atoms with Crippen LogP contribution in [0.15, 0.2) is 65.7 Å². The third-order valence-corrected chi connectivity index (χ3v) is 8.96. The number of aromatic nitrogens is 2. The van der Waals surface area contributed by atoms with Gasteiger partial charge in [-0.05, 0) is 97.7 Å². The number of halogens is 3. The highest BCUT2D eigenvalue weighted by Crippen LogP contribution is 2.36. The van der Waals surface area contributed by atoms with Crippen molar-refractivity contribution in [3.8, 4) is 11.1 Å². The van der Waals surface area contributed by atoms with Gasteiger partial charge in [-0.3, -0.25) is 4.72 Å². The van der Waals surface area contributed by atoms with Crippen molar-refractivity contribution in [3.63, 3.8) is 0 Å². The molecule has 0 aliphatic heterocycles. The second kappa shape index (κ2) is 11.3. The van der Waals surface area contributed by atoms with Crippen LogP contribution < -0.4 is 15.8 Å². The minimum absolute atomic E-state index is 0.169. The van der Waals surface area contributed by atoms with Gasteiger partial charge in [0.25, 0.3) is 10.0 Å². The molecule has 0 atom stereocenters. The van der Waals surface area contributed by atoms with E-state index in [1.54, 1.807) is 24.4 Å². The maximum absolute atomic E-state index is 13.4. The topological polar surface area (TPSA) is 110 Å². The number of anilines is 2.